The molecule has 0 bridgehead atoms. The molecule has 8 heteroatoms. The van der Waals surface area contributed by atoms with Gasteiger partial charge in [-0.15, -0.1) is 0 Å². The lowest BCUT2D eigenvalue weighted by atomic mass is 9.91. The van der Waals surface area contributed by atoms with Gasteiger partial charge in [0.25, 0.3) is 5.56 Å². The van der Waals surface area contributed by atoms with E-state index in [9.17, 15) is 14.9 Å². The van der Waals surface area contributed by atoms with E-state index in [1.54, 1.807) is 4.90 Å². The van der Waals surface area contributed by atoms with E-state index in [0.29, 0.717) is 42.5 Å². The van der Waals surface area contributed by atoms with E-state index in [0.717, 1.165) is 0 Å². The summed E-state index contributed by atoms with van der Waals surface area (Å²) in [7, 11) is 0. The van der Waals surface area contributed by atoms with Gasteiger partial charge in [0.1, 0.15) is 17.2 Å². The van der Waals surface area contributed by atoms with Crippen LogP contribution in [0.25, 0.3) is 0 Å². The molecule has 2 heterocycles. The first-order valence-corrected chi connectivity index (χ1v) is 11.8. The van der Waals surface area contributed by atoms with Crippen molar-refractivity contribution in [2.45, 2.75) is 69.9 Å². The zero-order valence-corrected chi connectivity index (χ0v) is 20.1. The molecule has 1 saturated heterocycles. The van der Waals surface area contributed by atoms with Crippen LogP contribution < -0.4 is 5.56 Å². The molecule has 1 aromatic heterocycles. The second kappa shape index (κ2) is 9.78. The molecule has 0 unspecified atom stereocenters. The van der Waals surface area contributed by atoms with Gasteiger partial charge in [0.2, 0.25) is 0 Å². The highest BCUT2D eigenvalue weighted by atomic mass is 32.2. The number of ether oxygens (including phenoxy) is 1. The van der Waals surface area contributed by atoms with Crippen LogP contribution in [0.15, 0.2) is 28.2 Å². The van der Waals surface area contributed by atoms with E-state index in [4.69, 9.17) is 4.74 Å². The molecule has 7 nitrogen and oxygen atoms in total. The normalized spacial score (nSPS) is 14.8. The highest BCUT2D eigenvalue weighted by Crippen LogP contribution is 2.30. The Hall–Kier alpha value is -2.79. The van der Waals surface area contributed by atoms with Gasteiger partial charge in [-0.25, -0.2) is 9.78 Å². The fourth-order valence-corrected chi connectivity index (χ4v) is 4.64. The molecule has 1 aromatic carbocycles. The maximum absolute atomic E-state index is 12.6. The van der Waals surface area contributed by atoms with Gasteiger partial charge in [0, 0.05) is 24.8 Å². The van der Waals surface area contributed by atoms with E-state index >= 15 is 0 Å². The van der Waals surface area contributed by atoms with Crippen molar-refractivity contribution < 1.29 is 9.53 Å². The molecule has 32 heavy (non-hydrogen) atoms. The minimum atomic E-state index is -0.544. The number of aromatic amines is 1. The number of aromatic nitrogens is 2. The average molecular weight is 455 g/mol. The van der Waals surface area contributed by atoms with Gasteiger partial charge in [0.05, 0.1) is 5.69 Å². The smallest absolute Gasteiger partial charge is 0.410 e. The van der Waals surface area contributed by atoms with Gasteiger partial charge in [-0.1, -0.05) is 35.5 Å². The van der Waals surface area contributed by atoms with E-state index in [2.05, 4.69) is 42.0 Å². The summed E-state index contributed by atoms with van der Waals surface area (Å²) in [5.74, 6) is 0.629. The number of likely N-dealkylation sites (tertiary alicyclic amines) is 1. The number of benzene rings is 1. The van der Waals surface area contributed by atoms with Crippen LogP contribution in [0.4, 0.5) is 4.79 Å². The van der Waals surface area contributed by atoms with Crippen LogP contribution in [-0.4, -0.2) is 39.7 Å². The lowest BCUT2D eigenvalue weighted by molar-refractivity contribution is 0.0204. The van der Waals surface area contributed by atoms with Gasteiger partial charge < -0.3 is 14.6 Å². The fourth-order valence-electron chi connectivity index (χ4n) is 3.70. The first-order valence-electron chi connectivity index (χ1n) is 10.8. The molecule has 1 amide bonds. The summed E-state index contributed by atoms with van der Waals surface area (Å²) in [6, 6.07) is 8.32. The van der Waals surface area contributed by atoms with Crippen molar-refractivity contribution in [1.82, 2.24) is 14.9 Å². The minimum absolute atomic E-state index is 0.0503. The van der Waals surface area contributed by atoms with Crippen molar-refractivity contribution in [1.29, 1.82) is 5.26 Å². The van der Waals surface area contributed by atoms with E-state index < -0.39 is 11.2 Å². The number of nitriles is 1. The standard InChI is InChI=1S/C24H30N4O3S/c1-15-6-7-16(2)18(12-15)14-32-22-26-20(19(13-25)21(29)27-22)17-8-10-28(11-9-17)23(30)31-24(3,4)5/h6-7,12,17H,8-11,14H2,1-5H3,(H,26,27,29). The van der Waals surface area contributed by atoms with Gasteiger partial charge in [-0.05, 0) is 58.6 Å². The summed E-state index contributed by atoms with van der Waals surface area (Å²) < 4.78 is 5.45. The van der Waals surface area contributed by atoms with Crippen LogP contribution in [0.2, 0.25) is 0 Å². The van der Waals surface area contributed by atoms with Crippen molar-refractivity contribution in [3.05, 3.63) is 56.5 Å². The number of rotatable bonds is 4. The molecule has 1 aliphatic heterocycles. The Morgan fingerprint density at radius 1 is 1.31 bits per heavy atom. The molecule has 0 spiro atoms. The van der Waals surface area contributed by atoms with E-state index in [-0.39, 0.29) is 17.6 Å². The van der Waals surface area contributed by atoms with E-state index in [1.165, 1.54) is 28.5 Å². The number of aryl methyl sites for hydroxylation is 2. The number of carbonyl (C=O) groups is 1. The molecule has 0 atom stereocenters. The highest BCUT2D eigenvalue weighted by Gasteiger charge is 2.30. The van der Waals surface area contributed by atoms with Gasteiger partial charge in [-0.3, -0.25) is 4.79 Å². The Balaban J connectivity index is 1.75. The lowest BCUT2D eigenvalue weighted by Gasteiger charge is -2.33. The topological polar surface area (TPSA) is 99.1 Å². The summed E-state index contributed by atoms with van der Waals surface area (Å²) in [5, 5.41) is 10.1. The molecule has 3 rings (SSSR count). The van der Waals surface area contributed by atoms with Crippen molar-refractivity contribution in [2.75, 3.05) is 13.1 Å². The van der Waals surface area contributed by atoms with E-state index in [1.807, 2.05) is 26.8 Å². The Labute approximate surface area is 193 Å². The first kappa shape index (κ1) is 23.9. The highest BCUT2D eigenvalue weighted by molar-refractivity contribution is 7.98. The van der Waals surface area contributed by atoms with Crippen LogP contribution in [0, 0.1) is 25.2 Å². The predicted molar refractivity (Wildman–Crippen MR) is 125 cm³/mol. The Bertz CT molecular complexity index is 1090. The largest absolute Gasteiger partial charge is 0.444 e. The van der Waals surface area contributed by atoms with Crippen LogP contribution in [0.3, 0.4) is 0 Å². The molecule has 1 aliphatic rings. The molecule has 2 aromatic rings. The second-order valence-corrected chi connectivity index (χ2v) is 10.2. The molecular formula is C24H30N4O3S. The molecule has 1 fully saturated rings. The van der Waals surface area contributed by atoms with Crippen molar-refractivity contribution in [3.63, 3.8) is 0 Å². The number of hydrogen-bond donors (Lipinski definition) is 1. The number of H-pyrrole nitrogens is 1. The number of amides is 1. The third-order valence-corrected chi connectivity index (χ3v) is 6.36. The Morgan fingerprint density at radius 2 is 2.00 bits per heavy atom. The van der Waals surface area contributed by atoms with Crippen molar-refractivity contribution in [2.24, 2.45) is 0 Å². The quantitative estimate of drug-likeness (QED) is 0.533. The average Bonchev–Trinajstić information content (AvgIpc) is 2.73. The molecule has 0 aliphatic carbocycles. The monoisotopic (exact) mass is 454 g/mol. The molecule has 0 radical (unpaired) electrons. The summed E-state index contributed by atoms with van der Waals surface area (Å²) in [5.41, 5.74) is 3.21. The van der Waals surface area contributed by atoms with Gasteiger partial charge in [-0.2, -0.15) is 5.26 Å². The number of carbonyl (C=O) groups excluding carboxylic acids is 1. The lowest BCUT2D eigenvalue weighted by Crippen LogP contribution is -2.41. The Kier molecular flexibility index (Phi) is 7.29. The maximum atomic E-state index is 12.6. The van der Waals surface area contributed by atoms with Crippen LogP contribution in [0.1, 0.15) is 67.5 Å². The van der Waals surface area contributed by atoms with Gasteiger partial charge in [0.15, 0.2) is 5.16 Å². The zero-order valence-electron chi connectivity index (χ0n) is 19.3. The summed E-state index contributed by atoms with van der Waals surface area (Å²) in [4.78, 5) is 34.0. The number of piperidine rings is 1. The predicted octanol–water partition coefficient (Wildman–Crippen LogP) is 4.67. The molecule has 0 saturated carbocycles. The number of nitrogens with zero attached hydrogens (tertiary/aromatic N) is 3. The van der Waals surface area contributed by atoms with Gasteiger partial charge >= 0.3 is 6.09 Å². The summed E-state index contributed by atoms with van der Waals surface area (Å²) >= 11 is 1.46. The fraction of sp³-hybridized carbons (Fsp3) is 0.500. The minimum Gasteiger partial charge on any atom is -0.444 e. The molecule has 170 valence electrons. The van der Waals surface area contributed by atoms with Crippen molar-refractivity contribution >= 4 is 17.9 Å². The summed E-state index contributed by atoms with van der Waals surface area (Å²) in [6.45, 7) is 10.6. The van der Waals surface area contributed by atoms with Crippen LogP contribution >= 0.6 is 11.8 Å². The van der Waals surface area contributed by atoms with Crippen molar-refractivity contribution in [3.8, 4) is 6.07 Å². The second-order valence-electron chi connectivity index (χ2n) is 9.20. The first-order chi connectivity index (χ1) is 15.1. The molecular weight excluding hydrogens is 424 g/mol. The van der Waals surface area contributed by atoms with Crippen LogP contribution in [-0.2, 0) is 10.5 Å². The third-order valence-electron chi connectivity index (χ3n) is 5.44. The summed E-state index contributed by atoms with van der Waals surface area (Å²) in [6.07, 6.45) is 0.928. The zero-order chi connectivity index (χ0) is 23.5. The molecule has 1 N–H and O–H groups in total. The third kappa shape index (κ3) is 5.92. The Morgan fingerprint density at radius 3 is 2.62 bits per heavy atom. The number of nitrogens with one attached hydrogen (secondary N) is 1. The number of hydrogen-bond acceptors (Lipinski definition) is 6. The van der Waals surface area contributed by atoms with Crippen LogP contribution in [0.5, 0.6) is 0 Å². The maximum Gasteiger partial charge on any atom is 0.410 e. The SMILES string of the molecule is Cc1ccc(C)c(CSc2nc(C3CCN(C(=O)OC(C)(C)C)CC3)c(C#N)c(=O)[nH]2)c1. The number of thioether (sulfide) groups is 1.